The standard InChI is InChI=1S/C19H23F3N4O2S/c1-18(2)9-12-5-4-6-13(16(12)28-18)27-8-7-24-17(23-3)25-10-15-26-14(11-29-15)19(20,21)22/h4-6,11H,7-10H2,1-3H3,(H2,23,24,25). The van der Waals surface area contributed by atoms with E-state index in [1.807, 2.05) is 32.0 Å². The number of fused-ring (bicyclic) bond motifs is 1. The van der Waals surface area contributed by atoms with Gasteiger partial charge < -0.3 is 20.1 Å². The maximum atomic E-state index is 12.6. The highest BCUT2D eigenvalue weighted by molar-refractivity contribution is 7.09. The predicted octanol–water partition coefficient (Wildman–Crippen LogP) is 3.62. The van der Waals surface area contributed by atoms with Crippen molar-refractivity contribution < 1.29 is 22.6 Å². The quantitative estimate of drug-likeness (QED) is 0.418. The molecule has 0 fully saturated rings. The summed E-state index contributed by atoms with van der Waals surface area (Å²) in [5.74, 6) is 1.93. The molecule has 10 heteroatoms. The van der Waals surface area contributed by atoms with E-state index in [1.54, 1.807) is 7.05 Å². The van der Waals surface area contributed by atoms with Crippen molar-refractivity contribution in [1.82, 2.24) is 15.6 Å². The van der Waals surface area contributed by atoms with Crippen molar-refractivity contribution in [3.63, 3.8) is 0 Å². The van der Waals surface area contributed by atoms with E-state index >= 15 is 0 Å². The lowest BCUT2D eigenvalue weighted by atomic mass is 10.0. The van der Waals surface area contributed by atoms with Crippen molar-refractivity contribution in [3.05, 3.63) is 39.8 Å². The zero-order chi connectivity index (χ0) is 21.1. The Morgan fingerprint density at radius 3 is 2.83 bits per heavy atom. The summed E-state index contributed by atoms with van der Waals surface area (Å²) in [4.78, 5) is 7.63. The lowest BCUT2D eigenvalue weighted by Gasteiger charge is -2.18. The fraction of sp³-hybridized carbons (Fsp3) is 0.474. The largest absolute Gasteiger partial charge is 0.488 e. The molecule has 2 N–H and O–H groups in total. The lowest BCUT2D eigenvalue weighted by Crippen LogP contribution is -2.38. The van der Waals surface area contributed by atoms with Crippen molar-refractivity contribution in [3.8, 4) is 11.5 Å². The van der Waals surface area contributed by atoms with Gasteiger partial charge >= 0.3 is 6.18 Å². The van der Waals surface area contributed by atoms with Gasteiger partial charge in [-0.1, -0.05) is 12.1 Å². The highest BCUT2D eigenvalue weighted by Crippen LogP contribution is 2.41. The van der Waals surface area contributed by atoms with Crippen LogP contribution in [0.25, 0.3) is 0 Å². The number of halogens is 3. The molecule has 1 aliphatic heterocycles. The average molecular weight is 428 g/mol. The van der Waals surface area contributed by atoms with Crippen LogP contribution in [-0.2, 0) is 19.1 Å². The Morgan fingerprint density at radius 2 is 2.14 bits per heavy atom. The van der Waals surface area contributed by atoms with Crippen molar-refractivity contribution in [2.24, 2.45) is 4.99 Å². The Bertz CT molecular complexity index is 881. The monoisotopic (exact) mass is 428 g/mol. The van der Waals surface area contributed by atoms with Gasteiger partial charge in [-0.2, -0.15) is 13.2 Å². The second-order valence-corrected chi connectivity index (χ2v) is 8.05. The van der Waals surface area contributed by atoms with Gasteiger partial charge in [-0.3, -0.25) is 4.99 Å². The molecule has 0 spiro atoms. The van der Waals surface area contributed by atoms with Gasteiger partial charge in [0.2, 0.25) is 0 Å². The zero-order valence-corrected chi connectivity index (χ0v) is 17.2. The van der Waals surface area contributed by atoms with Gasteiger partial charge in [0.25, 0.3) is 0 Å². The van der Waals surface area contributed by atoms with Gasteiger partial charge in [0.05, 0.1) is 13.1 Å². The second kappa shape index (κ2) is 8.48. The fourth-order valence-corrected chi connectivity index (χ4v) is 3.67. The number of para-hydroxylation sites is 1. The van der Waals surface area contributed by atoms with E-state index in [2.05, 4.69) is 20.6 Å². The third-order valence-electron chi connectivity index (χ3n) is 4.18. The first kappa shape index (κ1) is 21.2. The summed E-state index contributed by atoms with van der Waals surface area (Å²) in [7, 11) is 1.58. The van der Waals surface area contributed by atoms with Crippen LogP contribution in [-0.4, -0.2) is 36.7 Å². The van der Waals surface area contributed by atoms with Gasteiger partial charge in [0.1, 0.15) is 17.2 Å². The normalized spacial score (nSPS) is 15.6. The molecule has 6 nitrogen and oxygen atoms in total. The fourth-order valence-electron chi connectivity index (χ4n) is 2.93. The van der Waals surface area contributed by atoms with Gasteiger partial charge in [-0.15, -0.1) is 11.3 Å². The Morgan fingerprint density at radius 1 is 1.34 bits per heavy atom. The van der Waals surface area contributed by atoms with E-state index in [4.69, 9.17) is 9.47 Å². The predicted molar refractivity (Wildman–Crippen MR) is 106 cm³/mol. The number of hydrogen-bond donors (Lipinski definition) is 2. The van der Waals surface area contributed by atoms with Crippen LogP contribution < -0.4 is 20.1 Å². The summed E-state index contributed by atoms with van der Waals surface area (Å²) in [5, 5.41) is 7.33. The molecule has 0 aliphatic carbocycles. The summed E-state index contributed by atoms with van der Waals surface area (Å²) in [6, 6.07) is 5.84. The molecule has 0 saturated carbocycles. The third-order valence-corrected chi connectivity index (χ3v) is 5.03. The zero-order valence-electron chi connectivity index (χ0n) is 16.4. The summed E-state index contributed by atoms with van der Waals surface area (Å²) in [5.41, 5.74) is 0.00409. The van der Waals surface area contributed by atoms with Gasteiger partial charge in [-0.05, 0) is 19.9 Å². The Kier molecular flexibility index (Phi) is 6.21. The van der Waals surface area contributed by atoms with Crippen molar-refractivity contribution in [2.45, 2.75) is 38.6 Å². The van der Waals surface area contributed by atoms with Crippen LogP contribution in [0.4, 0.5) is 13.2 Å². The van der Waals surface area contributed by atoms with Crippen LogP contribution in [0.15, 0.2) is 28.6 Å². The Hall–Kier alpha value is -2.49. The van der Waals surface area contributed by atoms with E-state index in [1.165, 1.54) is 0 Å². The van der Waals surface area contributed by atoms with E-state index in [0.717, 1.165) is 34.5 Å². The van der Waals surface area contributed by atoms with E-state index in [0.29, 0.717) is 29.9 Å². The molecule has 2 heterocycles. The molecule has 0 radical (unpaired) electrons. The summed E-state index contributed by atoms with van der Waals surface area (Å²) in [6.07, 6.45) is -3.59. The maximum absolute atomic E-state index is 12.6. The summed E-state index contributed by atoms with van der Waals surface area (Å²) >= 11 is 0.951. The number of thiazole rings is 1. The second-order valence-electron chi connectivity index (χ2n) is 7.11. The molecule has 0 amide bonds. The smallest absolute Gasteiger partial charge is 0.434 e. The number of rotatable bonds is 6. The van der Waals surface area contributed by atoms with Crippen molar-refractivity contribution >= 4 is 17.3 Å². The molecule has 2 aromatic rings. The molecule has 0 atom stereocenters. The molecule has 29 heavy (non-hydrogen) atoms. The number of ether oxygens (including phenoxy) is 2. The van der Waals surface area contributed by atoms with Crippen LogP contribution in [0.1, 0.15) is 30.1 Å². The van der Waals surface area contributed by atoms with Gasteiger partial charge in [0.15, 0.2) is 23.2 Å². The van der Waals surface area contributed by atoms with Crippen LogP contribution in [0.5, 0.6) is 11.5 Å². The summed E-state index contributed by atoms with van der Waals surface area (Å²) < 4.78 is 49.6. The number of nitrogens with zero attached hydrogens (tertiary/aromatic N) is 2. The Labute approximate surface area is 171 Å². The minimum Gasteiger partial charge on any atom is -0.488 e. The number of benzene rings is 1. The topological polar surface area (TPSA) is 67.8 Å². The van der Waals surface area contributed by atoms with Crippen LogP contribution >= 0.6 is 11.3 Å². The first-order chi connectivity index (χ1) is 13.7. The minimum atomic E-state index is -4.43. The maximum Gasteiger partial charge on any atom is 0.434 e. The number of guanidine groups is 1. The molecular weight excluding hydrogens is 405 g/mol. The number of nitrogens with one attached hydrogen (secondary N) is 2. The Balaban J connectivity index is 1.45. The first-order valence-corrected chi connectivity index (χ1v) is 9.96. The van der Waals surface area contributed by atoms with E-state index in [-0.39, 0.29) is 12.1 Å². The third kappa shape index (κ3) is 5.53. The highest BCUT2D eigenvalue weighted by Gasteiger charge is 2.34. The molecule has 0 bridgehead atoms. The van der Waals surface area contributed by atoms with Crippen LogP contribution in [0.2, 0.25) is 0 Å². The van der Waals surface area contributed by atoms with Gasteiger partial charge in [-0.25, -0.2) is 4.98 Å². The molecule has 0 unspecified atom stereocenters. The SMILES string of the molecule is CN=C(NCCOc1cccc2c1OC(C)(C)C2)NCc1nc(C(F)(F)F)cs1. The lowest BCUT2D eigenvalue weighted by molar-refractivity contribution is -0.140. The molecule has 158 valence electrons. The van der Waals surface area contributed by atoms with Crippen molar-refractivity contribution in [1.29, 1.82) is 0 Å². The molecule has 1 aromatic heterocycles. The highest BCUT2D eigenvalue weighted by atomic mass is 32.1. The molecule has 1 aliphatic rings. The molecular formula is C19H23F3N4O2S. The summed E-state index contributed by atoms with van der Waals surface area (Å²) in [6.45, 7) is 5.05. The minimum absolute atomic E-state index is 0.149. The molecule has 1 aromatic carbocycles. The van der Waals surface area contributed by atoms with Crippen LogP contribution in [0, 0.1) is 0 Å². The number of alkyl halides is 3. The number of hydrogen-bond acceptors (Lipinski definition) is 5. The average Bonchev–Trinajstić information content (AvgIpc) is 3.24. The molecule has 0 saturated heterocycles. The van der Waals surface area contributed by atoms with Gasteiger partial charge in [0, 0.05) is 24.4 Å². The van der Waals surface area contributed by atoms with E-state index in [9.17, 15) is 13.2 Å². The van der Waals surface area contributed by atoms with Crippen LogP contribution in [0.3, 0.4) is 0 Å². The number of aromatic nitrogens is 1. The first-order valence-electron chi connectivity index (χ1n) is 9.08. The molecule has 3 rings (SSSR count). The van der Waals surface area contributed by atoms with E-state index < -0.39 is 11.9 Å². The van der Waals surface area contributed by atoms with Crippen molar-refractivity contribution in [2.75, 3.05) is 20.2 Å². The number of aliphatic imine (C=N–C) groups is 1.